The summed E-state index contributed by atoms with van der Waals surface area (Å²) in [6, 6.07) is 0. The molecule has 0 aliphatic rings. The number of hydrogen-bond acceptors (Lipinski definition) is 4. The fourth-order valence-corrected chi connectivity index (χ4v) is 1.15. The van der Waals surface area contributed by atoms with Gasteiger partial charge in [-0.05, 0) is 33.7 Å². The van der Waals surface area contributed by atoms with Crippen LogP contribution in [0.3, 0.4) is 0 Å². The summed E-state index contributed by atoms with van der Waals surface area (Å²) in [7, 11) is 1.68. The molecule has 0 aliphatic heterocycles. The van der Waals surface area contributed by atoms with Gasteiger partial charge >= 0.3 is 5.97 Å². The van der Waals surface area contributed by atoms with Crippen molar-refractivity contribution in [3.63, 3.8) is 0 Å². The van der Waals surface area contributed by atoms with Crippen LogP contribution >= 0.6 is 0 Å². The number of esters is 1. The van der Waals surface area contributed by atoms with Crippen LogP contribution in [0.4, 0.5) is 0 Å². The van der Waals surface area contributed by atoms with Crippen LogP contribution in [-0.4, -0.2) is 38.4 Å². The van der Waals surface area contributed by atoms with Crippen molar-refractivity contribution in [1.82, 2.24) is 5.32 Å². The van der Waals surface area contributed by atoms with Crippen LogP contribution in [0.1, 0.15) is 34.1 Å². The number of carbonyl (C=O) groups excluding carboxylic acids is 1. The summed E-state index contributed by atoms with van der Waals surface area (Å²) in [6.07, 6.45) is 0.956. The van der Waals surface area contributed by atoms with Gasteiger partial charge in [0.25, 0.3) is 0 Å². The first-order valence-corrected chi connectivity index (χ1v) is 5.79. The zero-order chi connectivity index (χ0) is 12.6. The van der Waals surface area contributed by atoms with Crippen LogP contribution in [0.15, 0.2) is 0 Å². The number of nitrogens with one attached hydrogen (secondary N) is 1. The van der Waals surface area contributed by atoms with Crippen molar-refractivity contribution < 1.29 is 14.3 Å². The Kier molecular flexibility index (Phi) is 7.34. The fraction of sp³-hybridized carbons (Fsp3) is 0.917. The van der Waals surface area contributed by atoms with Gasteiger partial charge in [-0.3, -0.25) is 4.79 Å². The van der Waals surface area contributed by atoms with Crippen molar-refractivity contribution in [2.75, 3.05) is 26.8 Å². The summed E-state index contributed by atoms with van der Waals surface area (Å²) in [4.78, 5) is 11.6. The smallest absolute Gasteiger partial charge is 0.310 e. The number of rotatable bonds is 7. The SMILES string of the molecule is COCCCNCC(C)C(=O)OC(C)(C)C. The molecule has 0 bridgehead atoms. The Labute approximate surface area is 98.7 Å². The van der Waals surface area contributed by atoms with Crippen molar-refractivity contribution in [1.29, 1.82) is 0 Å². The summed E-state index contributed by atoms with van der Waals surface area (Å²) < 4.78 is 10.2. The van der Waals surface area contributed by atoms with Gasteiger partial charge in [-0.25, -0.2) is 0 Å². The molecule has 1 N–H and O–H groups in total. The van der Waals surface area contributed by atoms with E-state index in [0.717, 1.165) is 19.6 Å². The van der Waals surface area contributed by atoms with Crippen LogP contribution < -0.4 is 5.32 Å². The second-order valence-corrected chi connectivity index (χ2v) is 4.98. The standard InChI is InChI=1S/C12H25NO3/c1-10(9-13-7-6-8-15-5)11(14)16-12(2,3)4/h10,13H,6-9H2,1-5H3. The highest BCUT2D eigenvalue weighted by molar-refractivity contribution is 5.72. The lowest BCUT2D eigenvalue weighted by molar-refractivity contribution is -0.159. The van der Waals surface area contributed by atoms with Gasteiger partial charge in [0.05, 0.1) is 5.92 Å². The van der Waals surface area contributed by atoms with Crippen LogP contribution in [0.25, 0.3) is 0 Å². The van der Waals surface area contributed by atoms with Crippen LogP contribution in [-0.2, 0) is 14.3 Å². The molecule has 0 spiro atoms. The normalized spacial score (nSPS) is 13.6. The van der Waals surface area contributed by atoms with E-state index in [4.69, 9.17) is 9.47 Å². The first kappa shape index (κ1) is 15.4. The second kappa shape index (κ2) is 7.63. The molecule has 1 atom stereocenters. The molecule has 0 fully saturated rings. The van der Waals surface area contributed by atoms with E-state index >= 15 is 0 Å². The molecule has 0 aliphatic carbocycles. The third-order valence-corrected chi connectivity index (χ3v) is 1.96. The summed E-state index contributed by atoms with van der Waals surface area (Å²) in [6.45, 7) is 9.77. The molecule has 0 amide bonds. The zero-order valence-corrected chi connectivity index (χ0v) is 11.1. The van der Waals surface area contributed by atoms with E-state index in [1.807, 2.05) is 27.7 Å². The zero-order valence-electron chi connectivity index (χ0n) is 11.1. The molecule has 0 saturated heterocycles. The summed E-state index contributed by atoms with van der Waals surface area (Å²) in [5.41, 5.74) is -0.401. The van der Waals surface area contributed by atoms with Gasteiger partial charge in [0.2, 0.25) is 0 Å². The molecule has 0 saturated carbocycles. The van der Waals surface area contributed by atoms with E-state index in [2.05, 4.69) is 5.32 Å². The lowest BCUT2D eigenvalue weighted by Gasteiger charge is -2.22. The summed E-state index contributed by atoms with van der Waals surface area (Å²) in [5, 5.41) is 3.21. The van der Waals surface area contributed by atoms with E-state index < -0.39 is 5.60 Å². The van der Waals surface area contributed by atoms with E-state index in [9.17, 15) is 4.79 Å². The van der Waals surface area contributed by atoms with Gasteiger partial charge in [0, 0.05) is 20.3 Å². The van der Waals surface area contributed by atoms with E-state index in [1.54, 1.807) is 7.11 Å². The molecule has 0 aromatic carbocycles. The number of carbonyl (C=O) groups is 1. The summed E-state index contributed by atoms with van der Waals surface area (Å²) in [5.74, 6) is -0.256. The Hall–Kier alpha value is -0.610. The molecule has 0 heterocycles. The third kappa shape index (κ3) is 8.68. The second-order valence-electron chi connectivity index (χ2n) is 4.98. The Bertz CT molecular complexity index is 199. The molecule has 4 heteroatoms. The van der Waals surface area contributed by atoms with Crippen molar-refractivity contribution >= 4 is 5.97 Å². The van der Waals surface area contributed by atoms with E-state index in [0.29, 0.717) is 6.54 Å². The van der Waals surface area contributed by atoms with Gasteiger partial charge in [-0.2, -0.15) is 0 Å². The molecule has 0 aromatic heterocycles. The largest absolute Gasteiger partial charge is 0.460 e. The lowest BCUT2D eigenvalue weighted by atomic mass is 10.1. The van der Waals surface area contributed by atoms with Gasteiger partial charge in [-0.15, -0.1) is 0 Å². The minimum Gasteiger partial charge on any atom is -0.460 e. The number of hydrogen-bond donors (Lipinski definition) is 1. The van der Waals surface area contributed by atoms with E-state index in [1.165, 1.54) is 0 Å². The molecule has 0 aromatic rings. The Morgan fingerprint density at radius 1 is 1.38 bits per heavy atom. The molecular formula is C12H25NO3. The van der Waals surface area contributed by atoms with Gasteiger partial charge in [-0.1, -0.05) is 6.92 Å². The average molecular weight is 231 g/mol. The fourth-order valence-electron chi connectivity index (χ4n) is 1.15. The molecule has 0 rings (SSSR count). The maximum absolute atomic E-state index is 11.6. The van der Waals surface area contributed by atoms with Gasteiger partial charge < -0.3 is 14.8 Å². The number of ether oxygens (including phenoxy) is 2. The Morgan fingerprint density at radius 2 is 2.00 bits per heavy atom. The highest BCUT2D eigenvalue weighted by Crippen LogP contribution is 2.10. The molecule has 96 valence electrons. The van der Waals surface area contributed by atoms with Gasteiger partial charge in [0.15, 0.2) is 0 Å². The van der Waals surface area contributed by atoms with Crippen molar-refractivity contribution in [2.24, 2.45) is 5.92 Å². The lowest BCUT2D eigenvalue weighted by Crippen LogP contribution is -2.33. The predicted molar refractivity (Wildman–Crippen MR) is 64.4 cm³/mol. The maximum Gasteiger partial charge on any atom is 0.310 e. The van der Waals surface area contributed by atoms with Crippen LogP contribution in [0, 0.1) is 5.92 Å². The minimum absolute atomic E-state index is 0.109. The molecule has 0 radical (unpaired) electrons. The highest BCUT2D eigenvalue weighted by Gasteiger charge is 2.21. The van der Waals surface area contributed by atoms with Crippen molar-refractivity contribution in [3.8, 4) is 0 Å². The van der Waals surface area contributed by atoms with Gasteiger partial charge in [0.1, 0.15) is 5.60 Å². The molecular weight excluding hydrogens is 206 g/mol. The molecule has 1 unspecified atom stereocenters. The van der Waals surface area contributed by atoms with Crippen molar-refractivity contribution in [3.05, 3.63) is 0 Å². The quantitative estimate of drug-likeness (QED) is 0.534. The first-order chi connectivity index (χ1) is 7.37. The van der Waals surface area contributed by atoms with E-state index in [-0.39, 0.29) is 11.9 Å². The Balaban J connectivity index is 3.64. The first-order valence-electron chi connectivity index (χ1n) is 5.79. The van der Waals surface area contributed by atoms with Crippen LogP contribution in [0.5, 0.6) is 0 Å². The topological polar surface area (TPSA) is 47.6 Å². The predicted octanol–water partition coefficient (Wildman–Crippen LogP) is 1.59. The number of methoxy groups -OCH3 is 1. The third-order valence-electron chi connectivity index (χ3n) is 1.96. The monoisotopic (exact) mass is 231 g/mol. The highest BCUT2D eigenvalue weighted by atomic mass is 16.6. The van der Waals surface area contributed by atoms with Crippen LogP contribution in [0.2, 0.25) is 0 Å². The Morgan fingerprint density at radius 3 is 2.50 bits per heavy atom. The average Bonchev–Trinajstić information content (AvgIpc) is 2.14. The maximum atomic E-state index is 11.6. The minimum atomic E-state index is -0.401. The van der Waals surface area contributed by atoms with Crippen molar-refractivity contribution in [2.45, 2.75) is 39.7 Å². The molecule has 4 nitrogen and oxygen atoms in total. The summed E-state index contributed by atoms with van der Waals surface area (Å²) >= 11 is 0. The molecule has 16 heavy (non-hydrogen) atoms.